The topological polar surface area (TPSA) is 12.0 Å². The Morgan fingerprint density at radius 2 is 2.00 bits per heavy atom. The number of rotatable bonds is 1. The minimum Gasteiger partial charge on any atom is -0.388 e. The molecule has 0 amide bonds. The monoisotopic (exact) mass is 137 g/mol. The first-order chi connectivity index (χ1) is 4.74. The molecule has 1 rings (SSSR count). The van der Waals surface area contributed by atoms with E-state index in [9.17, 15) is 0 Å². The van der Waals surface area contributed by atoms with Crippen molar-refractivity contribution in [1.29, 1.82) is 0 Å². The lowest BCUT2D eigenvalue weighted by Crippen LogP contribution is -2.13. The molecule has 0 spiro atoms. The highest BCUT2D eigenvalue weighted by atomic mass is 14.8. The standard InChI is InChI=1S/C9H15N/c1-7-4-5-9(10-3)6-8(7)2/h4-8,10H,1-3H3. The summed E-state index contributed by atoms with van der Waals surface area (Å²) in [7, 11) is 1.96. The maximum atomic E-state index is 3.13. The second kappa shape index (κ2) is 2.91. The number of hydrogen-bond acceptors (Lipinski definition) is 1. The van der Waals surface area contributed by atoms with Crippen molar-refractivity contribution < 1.29 is 0 Å². The molecule has 56 valence electrons. The third-order valence-electron chi connectivity index (χ3n) is 2.14. The molecule has 1 nitrogen and oxygen atoms in total. The van der Waals surface area contributed by atoms with Crippen LogP contribution in [0.15, 0.2) is 23.9 Å². The van der Waals surface area contributed by atoms with Crippen LogP contribution >= 0.6 is 0 Å². The smallest absolute Gasteiger partial charge is 0.0296 e. The molecule has 0 saturated carbocycles. The zero-order chi connectivity index (χ0) is 7.56. The highest BCUT2D eigenvalue weighted by Gasteiger charge is 2.10. The van der Waals surface area contributed by atoms with Crippen molar-refractivity contribution in [2.45, 2.75) is 13.8 Å². The van der Waals surface area contributed by atoms with E-state index < -0.39 is 0 Å². The van der Waals surface area contributed by atoms with Gasteiger partial charge in [-0.1, -0.05) is 26.0 Å². The van der Waals surface area contributed by atoms with E-state index in [1.165, 1.54) is 5.70 Å². The van der Waals surface area contributed by atoms with E-state index in [1.807, 2.05) is 7.05 Å². The Hall–Kier alpha value is -0.720. The van der Waals surface area contributed by atoms with Crippen molar-refractivity contribution in [3.8, 4) is 0 Å². The first-order valence-electron chi connectivity index (χ1n) is 3.82. The Morgan fingerprint density at radius 1 is 1.30 bits per heavy atom. The van der Waals surface area contributed by atoms with E-state index in [0.29, 0.717) is 11.8 Å². The molecule has 1 aliphatic carbocycles. The zero-order valence-corrected chi connectivity index (χ0v) is 6.89. The molecule has 0 fully saturated rings. The molecule has 1 heteroatoms. The normalized spacial score (nSPS) is 31.7. The number of nitrogens with one attached hydrogen (secondary N) is 1. The van der Waals surface area contributed by atoms with Crippen LogP contribution in [0.1, 0.15) is 13.8 Å². The van der Waals surface area contributed by atoms with Crippen LogP contribution in [0, 0.1) is 11.8 Å². The van der Waals surface area contributed by atoms with E-state index in [2.05, 4.69) is 37.4 Å². The van der Waals surface area contributed by atoms with Crippen molar-refractivity contribution >= 4 is 0 Å². The molecule has 0 radical (unpaired) electrons. The summed E-state index contributed by atoms with van der Waals surface area (Å²) in [6.07, 6.45) is 6.66. The third kappa shape index (κ3) is 1.41. The number of allylic oxidation sites excluding steroid dienone is 3. The molecule has 2 unspecified atom stereocenters. The van der Waals surface area contributed by atoms with Gasteiger partial charge in [0, 0.05) is 12.7 Å². The Bertz CT molecular complexity index is 168. The van der Waals surface area contributed by atoms with Gasteiger partial charge >= 0.3 is 0 Å². The quantitative estimate of drug-likeness (QED) is 0.582. The summed E-state index contributed by atoms with van der Waals surface area (Å²) >= 11 is 0. The van der Waals surface area contributed by atoms with Gasteiger partial charge in [0.1, 0.15) is 0 Å². The lowest BCUT2D eigenvalue weighted by Gasteiger charge is -2.18. The van der Waals surface area contributed by atoms with Crippen LogP contribution in [0.3, 0.4) is 0 Å². The van der Waals surface area contributed by atoms with Gasteiger partial charge in [-0.05, 0) is 17.9 Å². The maximum absolute atomic E-state index is 3.13. The highest BCUT2D eigenvalue weighted by Crippen LogP contribution is 2.20. The van der Waals surface area contributed by atoms with Crippen LogP contribution in [-0.2, 0) is 0 Å². The van der Waals surface area contributed by atoms with Gasteiger partial charge in [0.2, 0.25) is 0 Å². The van der Waals surface area contributed by atoms with Gasteiger partial charge in [0.25, 0.3) is 0 Å². The third-order valence-corrected chi connectivity index (χ3v) is 2.14. The lowest BCUT2D eigenvalue weighted by molar-refractivity contribution is 0.544. The number of hydrogen-bond donors (Lipinski definition) is 1. The fraction of sp³-hybridized carbons (Fsp3) is 0.556. The first kappa shape index (κ1) is 7.39. The van der Waals surface area contributed by atoms with E-state index >= 15 is 0 Å². The van der Waals surface area contributed by atoms with E-state index in [4.69, 9.17) is 0 Å². The van der Waals surface area contributed by atoms with Gasteiger partial charge in [0.05, 0.1) is 0 Å². The summed E-state index contributed by atoms with van der Waals surface area (Å²) in [5.41, 5.74) is 1.24. The molecule has 0 aromatic carbocycles. The van der Waals surface area contributed by atoms with Gasteiger partial charge < -0.3 is 5.32 Å². The van der Waals surface area contributed by atoms with Crippen LogP contribution in [0.5, 0.6) is 0 Å². The highest BCUT2D eigenvalue weighted by molar-refractivity contribution is 5.22. The average Bonchev–Trinajstić information content (AvgIpc) is 1.95. The first-order valence-corrected chi connectivity index (χ1v) is 3.82. The van der Waals surface area contributed by atoms with Crippen LogP contribution in [-0.4, -0.2) is 7.05 Å². The van der Waals surface area contributed by atoms with E-state index in [-0.39, 0.29) is 0 Å². The molecule has 0 bridgehead atoms. The minimum absolute atomic E-state index is 0.674. The van der Waals surface area contributed by atoms with Gasteiger partial charge in [-0.3, -0.25) is 0 Å². The molecule has 1 N–H and O–H groups in total. The van der Waals surface area contributed by atoms with Crippen molar-refractivity contribution in [3.63, 3.8) is 0 Å². The fourth-order valence-electron chi connectivity index (χ4n) is 1.09. The molecule has 0 saturated heterocycles. The Labute approximate surface area is 62.8 Å². The molecular formula is C9H15N. The summed E-state index contributed by atoms with van der Waals surface area (Å²) in [6, 6.07) is 0. The van der Waals surface area contributed by atoms with Crippen LogP contribution in [0.4, 0.5) is 0 Å². The summed E-state index contributed by atoms with van der Waals surface area (Å²) in [6.45, 7) is 4.48. The maximum Gasteiger partial charge on any atom is 0.0296 e. The summed E-state index contributed by atoms with van der Waals surface area (Å²) in [5.74, 6) is 1.37. The Morgan fingerprint density at radius 3 is 2.50 bits per heavy atom. The van der Waals surface area contributed by atoms with E-state index in [1.54, 1.807) is 0 Å². The molecule has 1 aliphatic rings. The predicted octanol–water partition coefficient (Wildman–Crippen LogP) is 1.93. The van der Waals surface area contributed by atoms with Crippen molar-refractivity contribution in [2.75, 3.05) is 7.05 Å². The zero-order valence-electron chi connectivity index (χ0n) is 6.89. The molecule has 2 atom stereocenters. The van der Waals surface area contributed by atoms with Crippen molar-refractivity contribution in [1.82, 2.24) is 5.32 Å². The molecule has 0 aromatic heterocycles. The molecule has 0 aromatic rings. The molecule has 0 aliphatic heterocycles. The summed E-state index contributed by atoms with van der Waals surface area (Å²) in [4.78, 5) is 0. The molecule has 10 heavy (non-hydrogen) atoms. The predicted molar refractivity (Wildman–Crippen MR) is 44.6 cm³/mol. The lowest BCUT2D eigenvalue weighted by atomic mass is 9.91. The van der Waals surface area contributed by atoms with Crippen LogP contribution < -0.4 is 5.32 Å². The fourth-order valence-corrected chi connectivity index (χ4v) is 1.09. The van der Waals surface area contributed by atoms with Crippen molar-refractivity contribution in [3.05, 3.63) is 23.9 Å². The Kier molecular flexibility index (Phi) is 2.15. The summed E-state index contributed by atoms with van der Waals surface area (Å²) in [5, 5.41) is 3.13. The largest absolute Gasteiger partial charge is 0.388 e. The van der Waals surface area contributed by atoms with Gasteiger partial charge in [0.15, 0.2) is 0 Å². The van der Waals surface area contributed by atoms with Crippen LogP contribution in [0.25, 0.3) is 0 Å². The van der Waals surface area contributed by atoms with E-state index in [0.717, 1.165) is 0 Å². The van der Waals surface area contributed by atoms with Crippen molar-refractivity contribution in [2.24, 2.45) is 11.8 Å². The molecular weight excluding hydrogens is 122 g/mol. The number of likely N-dealkylation sites (N-methyl/N-ethyl adjacent to an activating group) is 1. The Balaban J connectivity index is 2.66. The second-order valence-electron chi connectivity index (χ2n) is 2.95. The van der Waals surface area contributed by atoms with Gasteiger partial charge in [-0.15, -0.1) is 0 Å². The SMILES string of the molecule is CNC1=CC(C)C(C)C=C1. The average molecular weight is 137 g/mol. The van der Waals surface area contributed by atoms with Gasteiger partial charge in [-0.2, -0.15) is 0 Å². The second-order valence-corrected chi connectivity index (χ2v) is 2.95. The van der Waals surface area contributed by atoms with Crippen LogP contribution in [0.2, 0.25) is 0 Å². The van der Waals surface area contributed by atoms with Gasteiger partial charge in [-0.25, -0.2) is 0 Å². The summed E-state index contributed by atoms with van der Waals surface area (Å²) < 4.78 is 0. The minimum atomic E-state index is 0.674. The molecule has 0 heterocycles.